The van der Waals surface area contributed by atoms with Gasteiger partial charge < -0.3 is 5.11 Å². The minimum absolute atomic E-state index is 0.393. The van der Waals surface area contributed by atoms with Gasteiger partial charge in [-0.2, -0.15) is 0 Å². The average Bonchev–Trinajstić information content (AvgIpc) is 2.74. The van der Waals surface area contributed by atoms with Gasteiger partial charge in [-0.05, 0) is 39.2 Å². The van der Waals surface area contributed by atoms with Crippen LogP contribution in [0.2, 0.25) is 0 Å². The molecule has 1 unspecified atom stereocenters. The second-order valence-electron chi connectivity index (χ2n) is 6.07. The van der Waals surface area contributed by atoms with Gasteiger partial charge in [0.05, 0.1) is 12.2 Å². The van der Waals surface area contributed by atoms with Crippen molar-refractivity contribution in [3.8, 4) is 0 Å². The molecule has 2 aliphatic rings. The van der Waals surface area contributed by atoms with Crippen LogP contribution in [0.15, 0.2) is 0 Å². The molecular weight excluding hydrogens is 272 g/mol. The van der Waals surface area contributed by atoms with E-state index in [1.807, 2.05) is 0 Å². The predicted molar refractivity (Wildman–Crippen MR) is 79.4 cm³/mol. The van der Waals surface area contributed by atoms with Gasteiger partial charge in [0.2, 0.25) is 0 Å². The Hall–Kier alpha value is -0.940. The lowest BCUT2D eigenvalue weighted by atomic mass is 9.82. The number of aromatic nitrogens is 1. The van der Waals surface area contributed by atoms with Gasteiger partial charge in [-0.25, -0.2) is 9.78 Å². The van der Waals surface area contributed by atoms with E-state index in [9.17, 15) is 9.90 Å². The number of nitrogens with zero attached hydrogens (tertiary/aromatic N) is 2. The van der Waals surface area contributed by atoms with Gasteiger partial charge in [0.25, 0.3) is 0 Å². The summed E-state index contributed by atoms with van der Waals surface area (Å²) in [6.45, 7) is 4.19. The first-order valence-corrected chi connectivity index (χ1v) is 8.43. The average molecular weight is 294 g/mol. The topological polar surface area (TPSA) is 53.4 Å². The normalized spacial score (nSPS) is 24.6. The summed E-state index contributed by atoms with van der Waals surface area (Å²) in [4.78, 5) is 19.0. The number of carboxylic acid groups (broad SMARTS) is 1. The van der Waals surface area contributed by atoms with Crippen LogP contribution in [0.3, 0.4) is 0 Å². The Morgan fingerprint density at radius 1 is 1.35 bits per heavy atom. The molecule has 0 spiro atoms. The van der Waals surface area contributed by atoms with Gasteiger partial charge in [0.15, 0.2) is 0 Å². The number of piperidine rings is 1. The standard InChI is InChI=1S/C15H22N2O2S/c1-10-5-2-3-8-17(10)9-12-16-13(11-6-4-7-11)14(20-12)15(18)19/h10-11H,2-9H2,1H3,(H,18,19). The van der Waals surface area contributed by atoms with Crippen molar-refractivity contribution in [1.29, 1.82) is 0 Å². The van der Waals surface area contributed by atoms with Crippen LogP contribution < -0.4 is 0 Å². The minimum Gasteiger partial charge on any atom is -0.477 e. The lowest BCUT2D eigenvalue weighted by molar-refractivity contribution is 0.0699. The molecule has 0 radical (unpaired) electrons. The number of rotatable bonds is 4. The second-order valence-corrected chi connectivity index (χ2v) is 7.15. The molecule has 0 aromatic carbocycles. The number of thiazole rings is 1. The van der Waals surface area contributed by atoms with Crippen LogP contribution in [0.25, 0.3) is 0 Å². The Kier molecular flexibility index (Phi) is 4.08. The van der Waals surface area contributed by atoms with Crippen LogP contribution in [0, 0.1) is 0 Å². The molecule has 2 heterocycles. The highest BCUT2D eigenvalue weighted by atomic mass is 32.1. The summed E-state index contributed by atoms with van der Waals surface area (Å²) < 4.78 is 0. The minimum atomic E-state index is -0.803. The van der Waals surface area contributed by atoms with Gasteiger partial charge in [-0.3, -0.25) is 4.90 Å². The number of likely N-dealkylation sites (tertiary alicyclic amines) is 1. The molecule has 1 saturated carbocycles. The van der Waals surface area contributed by atoms with Crippen molar-refractivity contribution in [2.75, 3.05) is 6.54 Å². The Morgan fingerprint density at radius 3 is 2.75 bits per heavy atom. The molecule has 1 aliphatic heterocycles. The number of hydrogen-bond acceptors (Lipinski definition) is 4. The van der Waals surface area contributed by atoms with Crippen LogP contribution >= 0.6 is 11.3 Å². The third-order valence-electron chi connectivity index (χ3n) is 4.66. The Morgan fingerprint density at radius 2 is 2.15 bits per heavy atom. The van der Waals surface area contributed by atoms with E-state index in [0.717, 1.165) is 36.6 Å². The van der Waals surface area contributed by atoms with Crippen molar-refractivity contribution < 1.29 is 9.90 Å². The van der Waals surface area contributed by atoms with E-state index in [-0.39, 0.29) is 0 Å². The molecule has 5 heteroatoms. The summed E-state index contributed by atoms with van der Waals surface area (Å²) >= 11 is 1.39. The van der Waals surface area contributed by atoms with Gasteiger partial charge >= 0.3 is 5.97 Å². The number of carboxylic acids is 1. The smallest absolute Gasteiger partial charge is 0.347 e. The molecule has 1 saturated heterocycles. The quantitative estimate of drug-likeness (QED) is 0.923. The maximum absolute atomic E-state index is 11.4. The highest BCUT2D eigenvalue weighted by molar-refractivity contribution is 7.13. The van der Waals surface area contributed by atoms with E-state index in [1.54, 1.807) is 0 Å². The highest BCUT2D eigenvalue weighted by Crippen LogP contribution is 2.39. The molecule has 1 aromatic heterocycles. The largest absolute Gasteiger partial charge is 0.477 e. The van der Waals surface area contributed by atoms with Crippen molar-refractivity contribution in [2.45, 2.75) is 64.0 Å². The Bertz CT molecular complexity index is 496. The molecule has 1 atom stereocenters. The zero-order valence-electron chi connectivity index (χ0n) is 12.0. The van der Waals surface area contributed by atoms with Crippen LogP contribution in [0.5, 0.6) is 0 Å². The van der Waals surface area contributed by atoms with Crippen LogP contribution in [0.4, 0.5) is 0 Å². The summed E-state index contributed by atoms with van der Waals surface area (Å²) in [7, 11) is 0. The maximum Gasteiger partial charge on any atom is 0.347 e. The molecule has 2 fully saturated rings. The monoisotopic (exact) mass is 294 g/mol. The summed E-state index contributed by atoms with van der Waals surface area (Å²) in [5.74, 6) is -0.410. The Labute approximate surface area is 123 Å². The van der Waals surface area contributed by atoms with Crippen LogP contribution in [-0.2, 0) is 6.54 Å². The van der Waals surface area contributed by atoms with Crippen molar-refractivity contribution in [1.82, 2.24) is 9.88 Å². The fourth-order valence-electron chi connectivity index (χ4n) is 3.12. The third-order valence-corrected chi connectivity index (χ3v) is 5.71. The van der Waals surface area contributed by atoms with E-state index in [1.165, 1.54) is 37.0 Å². The summed E-state index contributed by atoms with van der Waals surface area (Å²) in [5.41, 5.74) is 0.855. The fourth-order valence-corrected chi connectivity index (χ4v) is 4.14. The first-order valence-electron chi connectivity index (χ1n) is 7.62. The fraction of sp³-hybridized carbons (Fsp3) is 0.733. The molecule has 20 heavy (non-hydrogen) atoms. The van der Waals surface area contributed by atoms with Crippen molar-refractivity contribution in [3.05, 3.63) is 15.6 Å². The first-order chi connectivity index (χ1) is 9.65. The van der Waals surface area contributed by atoms with E-state index >= 15 is 0 Å². The van der Waals surface area contributed by atoms with Crippen molar-refractivity contribution >= 4 is 17.3 Å². The molecular formula is C15H22N2O2S. The zero-order chi connectivity index (χ0) is 14.1. The Balaban J connectivity index is 1.77. The lowest BCUT2D eigenvalue weighted by Gasteiger charge is -2.32. The molecule has 3 rings (SSSR count). The maximum atomic E-state index is 11.4. The molecule has 1 aromatic rings. The van der Waals surface area contributed by atoms with E-state index in [4.69, 9.17) is 0 Å². The molecule has 4 nitrogen and oxygen atoms in total. The van der Waals surface area contributed by atoms with Crippen molar-refractivity contribution in [2.24, 2.45) is 0 Å². The van der Waals surface area contributed by atoms with Crippen molar-refractivity contribution in [3.63, 3.8) is 0 Å². The zero-order valence-corrected chi connectivity index (χ0v) is 12.8. The van der Waals surface area contributed by atoms with E-state index in [0.29, 0.717) is 16.8 Å². The van der Waals surface area contributed by atoms with Gasteiger partial charge in [0.1, 0.15) is 9.88 Å². The van der Waals surface area contributed by atoms with Gasteiger partial charge in [0, 0.05) is 12.0 Å². The highest BCUT2D eigenvalue weighted by Gasteiger charge is 2.29. The lowest BCUT2D eigenvalue weighted by Crippen LogP contribution is -2.36. The summed E-state index contributed by atoms with van der Waals surface area (Å²) in [6, 6.07) is 0.591. The number of hydrogen-bond donors (Lipinski definition) is 1. The molecule has 1 aliphatic carbocycles. The first kappa shape index (κ1) is 14.0. The van der Waals surface area contributed by atoms with Gasteiger partial charge in [-0.1, -0.05) is 12.8 Å². The van der Waals surface area contributed by atoms with E-state index < -0.39 is 5.97 Å². The predicted octanol–water partition coefficient (Wildman–Crippen LogP) is 3.48. The number of carbonyl (C=O) groups is 1. The van der Waals surface area contributed by atoms with Gasteiger partial charge in [-0.15, -0.1) is 11.3 Å². The molecule has 1 N–H and O–H groups in total. The SMILES string of the molecule is CC1CCCCN1Cc1nc(C2CCC2)c(C(=O)O)s1. The summed E-state index contributed by atoms with van der Waals surface area (Å²) in [6.07, 6.45) is 7.21. The van der Waals surface area contributed by atoms with E-state index in [2.05, 4.69) is 16.8 Å². The molecule has 110 valence electrons. The summed E-state index contributed by atoms with van der Waals surface area (Å²) in [5, 5.41) is 10.3. The van der Waals surface area contributed by atoms with Crippen LogP contribution in [-0.4, -0.2) is 33.5 Å². The molecule has 0 amide bonds. The third kappa shape index (κ3) is 2.74. The number of aromatic carboxylic acids is 1. The van der Waals surface area contributed by atoms with Crippen LogP contribution in [0.1, 0.15) is 71.7 Å². The molecule has 0 bridgehead atoms. The second kappa shape index (κ2) is 5.82.